The number of hydrogen-bond acceptors (Lipinski definition) is 5. The zero-order valence-electron chi connectivity index (χ0n) is 13.3. The Morgan fingerprint density at radius 2 is 1.80 bits per heavy atom. The molecule has 1 aromatic heterocycles. The van der Waals surface area contributed by atoms with Gasteiger partial charge in [-0.25, -0.2) is 13.4 Å². The maximum Gasteiger partial charge on any atom is 0.269 e. The zero-order valence-corrected chi connectivity index (χ0v) is 14.2. The van der Waals surface area contributed by atoms with Crippen LogP contribution in [0.15, 0.2) is 64.4 Å². The number of rotatable bonds is 4. The number of nitrogens with one attached hydrogen (secondary N) is 1. The summed E-state index contributed by atoms with van der Waals surface area (Å²) in [5, 5.41) is 2.65. The largest absolute Gasteiger partial charge is 0.325 e. The number of hydrogen-bond donors (Lipinski definition) is 1. The van der Waals surface area contributed by atoms with Gasteiger partial charge in [0.2, 0.25) is 5.91 Å². The first-order chi connectivity index (χ1) is 11.8. The van der Waals surface area contributed by atoms with E-state index < -0.39 is 15.7 Å². The van der Waals surface area contributed by atoms with Gasteiger partial charge in [-0.05, 0) is 36.4 Å². The highest BCUT2D eigenvalue weighted by Gasteiger charge is 2.10. The molecule has 0 fully saturated rings. The van der Waals surface area contributed by atoms with Gasteiger partial charge in [0.15, 0.2) is 9.84 Å². The van der Waals surface area contributed by atoms with Crippen LogP contribution in [0.1, 0.15) is 0 Å². The molecule has 0 aliphatic carbocycles. The minimum atomic E-state index is -3.29. The van der Waals surface area contributed by atoms with E-state index in [1.165, 1.54) is 35.0 Å². The topological polar surface area (TPSA) is 98.1 Å². The summed E-state index contributed by atoms with van der Waals surface area (Å²) in [6.07, 6.45) is 2.29. The molecular weight excluding hydrogens is 342 g/mol. The van der Waals surface area contributed by atoms with Crippen molar-refractivity contribution in [1.82, 2.24) is 9.55 Å². The fourth-order valence-corrected chi connectivity index (χ4v) is 3.04. The fourth-order valence-electron chi connectivity index (χ4n) is 2.41. The Morgan fingerprint density at radius 1 is 1.12 bits per heavy atom. The molecule has 0 radical (unpaired) electrons. The number of sulfone groups is 1. The van der Waals surface area contributed by atoms with E-state index in [2.05, 4.69) is 10.3 Å². The fraction of sp³-hybridized carbons (Fsp3) is 0.118. The molecule has 0 aliphatic rings. The number of nitrogens with zero attached hydrogens (tertiary/aromatic N) is 2. The lowest BCUT2D eigenvalue weighted by atomic mass is 10.3. The SMILES string of the molecule is CS(=O)(=O)c1ccc(NC(=O)Cn2c(=O)cnc3ccccc32)cc1. The molecule has 0 saturated heterocycles. The lowest BCUT2D eigenvalue weighted by Crippen LogP contribution is -2.27. The van der Waals surface area contributed by atoms with Crippen molar-refractivity contribution in [3.63, 3.8) is 0 Å². The summed E-state index contributed by atoms with van der Waals surface area (Å²) >= 11 is 0. The van der Waals surface area contributed by atoms with Gasteiger partial charge in [0.1, 0.15) is 6.54 Å². The Hall–Kier alpha value is -3.00. The highest BCUT2D eigenvalue weighted by atomic mass is 32.2. The Kier molecular flexibility index (Phi) is 4.37. The van der Waals surface area contributed by atoms with E-state index in [0.717, 1.165) is 6.26 Å². The molecule has 0 spiro atoms. The average molecular weight is 357 g/mol. The standard InChI is InChI=1S/C17H15N3O4S/c1-25(23,24)13-8-6-12(7-9-13)19-16(21)11-20-15-5-3-2-4-14(15)18-10-17(20)22/h2-10H,11H2,1H3,(H,19,21). The molecule has 0 saturated carbocycles. The number of fused-ring (bicyclic) bond motifs is 1. The monoisotopic (exact) mass is 357 g/mol. The smallest absolute Gasteiger partial charge is 0.269 e. The number of anilines is 1. The van der Waals surface area contributed by atoms with E-state index in [0.29, 0.717) is 16.7 Å². The second kappa shape index (κ2) is 6.48. The first kappa shape index (κ1) is 16.8. The van der Waals surface area contributed by atoms with E-state index in [4.69, 9.17) is 0 Å². The van der Waals surface area contributed by atoms with Crippen molar-refractivity contribution in [2.24, 2.45) is 0 Å². The minimum absolute atomic E-state index is 0.168. The van der Waals surface area contributed by atoms with Gasteiger partial charge < -0.3 is 5.32 Å². The first-order valence-electron chi connectivity index (χ1n) is 7.39. The minimum Gasteiger partial charge on any atom is -0.325 e. The van der Waals surface area contributed by atoms with Crippen LogP contribution in [0.2, 0.25) is 0 Å². The predicted molar refractivity (Wildman–Crippen MR) is 94.2 cm³/mol. The number of carbonyl (C=O) groups excluding carboxylic acids is 1. The third kappa shape index (κ3) is 3.74. The Balaban J connectivity index is 1.82. The third-order valence-corrected chi connectivity index (χ3v) is 4.75. The second-order valence-electron chi connectivity index (χ2n) is 5.52. The first-order valence-corrected chi connectivity index (χ1v) is 9.28. The quantitative estimate of drug-likeness (QED) is 0.762. The van der Waals surface area contributed by atoms with Crippen LogP contribution < -0.4 is 10.9 Å². The van der Waals surface area contributed by atoms with Gasteiger partial charge in [0.05, 0.1) is 22.1 Å². The molecule has 3 rings (SSSR count). The molecular formula is C17H15N3O4S. The Bertz CT molecular complexity index is 1100. The summed E-state index contributed by atoms with van der Waals surface area (Å²) in [5.74, 6) is -0.398. The van der Waals surface area contributed by atoms with Crippen molar-refractivity contribution in [3.05, 3.63) is 65.1 Å². The summed E-state index contributed by atoms with van der Waals surface area (Å²) in [4.78, 5) is 28.5. The normalized spacial score (nSPS) is 11.4. The molecule has 1 N–H and O–H groups in total. The summed E-state index contributed by atoms with van der Waals surface area (Å²) in [5.41, 5.74) is 1.26. The van der Waals surface area contributed by atoms with Crippen LogP contribution in [0, 0.1) is 0 Å². The third-order valence-electron chi connectivity index (χ3n) is 3.62. The Labute approximate surface area is 143 Å². The van der Waals surface area contributed by atoms with Crippen molar-refractivity contribution in [1.29, 1.82) is 0 Å². The van der Waals surface area contributed by atoms with E-state index in [-0.39, 0.29) is 17.0 Å². The van der Waals surface area contributed by atoms with Gasteiger partial charge in [-0.15, -0.1) is 0 Å². The molecule has 1 heterocycles. The molecule has 3 aromatic rings. The van der Waals surface area contributed by atoms with Crippen LogP contribution >= 0.6 is 0 Å². The molecule has 2 aromatic carbocycles. The molecule has 25 heavy (non-hydrogen) atoms. The van der Waals surface area contributed by atoms with Crippen molar-refractivity contribution in [3.8, 4) is 0 Å². The van der Waals surface area contributed by atoms with Crippen LogP contribution in [0.3, 0.4) is 0 Å². The number of aromatic nitrogens is 2. The molecule has 128 valence electrons. The molecule has 7 nitrogen and oxygen atoms in total. The van der Waals surface area contributed by atoms with Gasteiger partial charge >= 0.3 is 0 Å². The van der Waals surface area contributed by atoms with Crippen LogP contribution in [-0.4, -0.2) is 30.1 Å². The van der Waals surface area contributed by atoms with Gasteiger partial charge in [-0.2, -0.15) is 0 Å². The van der Waals surface area contributed by atoms with Gasteiger partial charge in [-0.1, -0.05) is 12.1 Å². The van der Waals surface area contributed by atoms with Gasteiger partial charge in [-0.3, -0.25) is 14.2 Å². The molecule has 0 bridgehead atoms. The second-order valence-corrected chi connectivity index (χ2v) is 7.53. The summed E-state index contributed by atoms with van der Waals surface area (Å²) < 4.78 is 24.2. The van der Waals surface area contributed by atoms with Gasteiger partial charge in [0.25, 0.3) is 5.56 Å². The highest BCUT2D eigenvalue weighted by molar-refractivity contribution is 7.90. The van der Waals surface area contributed by atoms with Crippen LogP contribution in [0.5, 0.6) is 0 Å². The van der Waals surface area contributed by atoms with Crippen LogP contribution in [-0.2, 0) is 21.2 Å². The van der Waals surface area contributed by atoms with Crippen molar-refractivity contribution >= 4 is 32.5 Å². The van der Waals surface area contributed by atoms with Crippen molar-refractivity contribution < 1.29 is 13.2 Å². The molecule has 8 heteroatoms. The van der Waals surface area contributed by atoms with E-state index >= 15 is 0 Å². The van der Waals surface area contributed by atoms with Crippen LogP contribution in [0.25, 0.3) is 11.0 Å². The molecule has 0 aliphatic heterocycles. The summed E-state index contributed by atoms with van der Waals surface area (Å²) in [6.45, 7) is -0.171. The Morgan fingerprint density at radius 3 is 2.48 bits per heavy atom. The maximum atomic E-state index is 12.3. The number of para-hydroxylation sites is 2. The van der Waals surface area contributed by atoms with E-state index in [9.17, 15) is 18.0 Å². The van der Waals surface area contributed by atoms with Gasteiger partial charge in [0, 0.05) is 11.9 Å². The summed E-state index contributed by atoms with van der Waals surface area (Å²) in [6, 6.07) is 12.9. The number of amides is 1. The highest BCUT2D eigenvalue weighted by Crippen LogP contribution is 2.14. The number of benzene rings is 2. The molecule has 1 amide bonds. The van der Waals surface area contributed by atoms with E-state index in [1.807, 2.05) is 0 Å². The molecule has 0 atom stereocenters. The summed E-state index contributed by atoms with van der Waals surface area (Å²) in [7, 11) is -3.29. The lowest BCUT2D eigenvalue weighted by molar-refractivity contribution is -0.116. The zero-order chi connectivity index (χ0) is 18.0. The lowest BCUT2D eigenvalue weighted by Gasteiger charge is -2.10. The average Bonchev–Trinajstić information content (AvgIpc) is 2.57. The molecule has 0 unspecified atom stereocenters. The van der Waals surface area contributed by atoms with Crippen LogP contribution in [0.4, 0.5) is 5.69 Å². The number of carbonyl (C=O) groups is 1. The predicted octanol–water partition coefficient (Wildman–Crippen LogP) is 1.44. The van der Waals surface area contributed by atoms with Crippen molar-refractivity contribution in [2.75, 3.05) is 11.6 Å². The van der Waals surface area contributed by atoms with Crippen molar-refractivity contribution in [2.45, 2.75) is 11.4 Å². The van der Waals surface area contributed by atoms with E-state index in [1.54, 1.807) is 24.3 Å². The maximum absolute atomic E-state index is 12.3.